The normalized spacial score (nSPS) is 11.3. The number of hydrogen-bond donors (Lipinski definition) is 1. The van der Waals surface area contributed by atoms with Crippen LogP contribution in [-0.4, -0.2) is 15.8 Å². The average Bonchev–Trinajstić information content (AvgIpc) is 2.56. The summed E-state index contributed by atoms with van der Waals surface area (Å²) in [5.41, 5.74) is 2.99. The molecule has 3 heteroatoms. The third-order valence-electron chi connectivity index (χ3n) is 3.07. The van der Waals surface area contributed by atoms with E-state index in [9.17, 15) is 5.11 Å². The van der Waals surface area contributed by atoms with E-state index in [0.717, 1.165) is 17.0 Å². The Hall–Kier alpha value is -2.94. The molecule has 0 aliphatic carbocycles. The predicted molar refractivity (Wildman–Crippen MR) is 84.1 cm³/mol. The summed E-state index contributed by atoms with van der Waals surface area (Å²) in [6.07, 6.45) is 1.73. The van der Waals surface area contributed by atoms with Crippen molar-refractivity contribution in [3.05, 3.63) is 90.3 Å². The van der Waals surface area contributed by atoms with Gasteiger partial charge in [0.1, 0.15) is 11.4 Å². The smallest absolute Gasteiger partial charge is 0.141 e. The van der Waals surface area contributed by atoms with Gasteiger partial charge in [0.2, 0.25) is 0 Å². The minimum Gasteiger partial charge on any atom is -0.506 e. The van der Waals surface area contributed by atoms with Crippen LogP contribution >= 0.6 is 0 Å². The minimum absolute atomic E-state index is 0.155. The SMILES string of the molecule is Oc1ccccc1N=C(c1ccccc1)c1ccccn1. The summed E-state index contributed by atoms with van der Waals surface area (Å²) in [5.74, 6) is 0.155. The highest BCUT2D eigenvalue weighted by molar-refractivity contribution is 6.12. The molecule has 0 spiro atoms. The van der Waals surface area contributed by atoms with Gasteiger partial charge < -0.3 is 5.11 Å². The Bertz CT molecular complexity index is 711. The maximum Gasteiger partial charge on any atom is 0.141 e. The molecule has 1 aromatic heterocycles. The lowest BCUT2D eigenvalue weighted by molar-refractivity contribution is 0.477. The van der Waals surface area contributed by atoms with Crippen LogP contribution in [-0.2, 0) is 0 Å². The molecule has 3 aromatic rings. The van der Waals surface area contributed by atoms with Gasteiger partial charge in [-0.05, 0) is 24.3 Å². The number of aromatic nitrogens is 1. The maximum absolute atomic E-state index is 9.93. The van der Waals surface area contributed by atoms with Crippen LogP contribution in [0, 0.1) is 0 Å². The van der Waals surface area contributed by atoms with Crippen LogP contribution in [0.2, 0.25) is 0 Å². The first-order chi connectivity index (χ1) is 10.3. The minimum atomic E-state index is 0.155. The zero-order chi connectivity index (χ0) is 14.5. The van der Waals surface area contributed by atoms with E-state index in [1.165, 1.54) is 0 Å². The number of hydrogen-bond acceptors (Lipinski definition) is 3. The molecule has 3 rings (SSSR count). The van der Waals surface area contributed by atoms with E-state index in [1.807, 2.05) is 54.6 Å². The Morgan fingerprint density at radius 3 is 2.24 bits per heavy atom. The van der Waals surface area contributed by atoms with Crippen molar-refractivity contribution < 1.29 is 5.11 Å². The van der Waals surface area contributed by atoms with Crippen LogP contribution in [0.15, 0.2) is 84.0 Å². The summed E-state index contributed by atoms with van der Waals surface area (Å²) in [6.45, 7) is 0. The Morgan fingerprint density at radius 2 is 1.52 bits per heavy atom. The van der Waals surface area contributed by atoms with E-state index in [-0.39, 0.29) is 5.75 Å². The first kappa shape index (κ1) is 13.1. The van der Waals surface area contributed by atoms with Crippen molar-refractivity contribution >= 4 is 11.4 Å². The number of pyridine rings is 1. The van der Waals surface area contributed by atoms with Crippen molar-refractivity contribution in [2.24, 2.45) is 4.99 Å². The van der Waals surface area contributed by atoms with Crippen LogP contribution < -0.4 is 0 Å². The largest absolute Gasteiger partial charge is 0.506 e. The van der Waals surface area contributed by atoms with E-state index in [0.29, 0.717) is 5.69 Å². The lowest BCUT2D eigenvalue weighted by atomic mass is 10.1. The molecule has 21 heavy (non-hydrogen) atoms. The lowest BCUT2D eigenvalue weighted by Crippen LogP contribution is -2.05. The van der Waals surface area contributed by atoms with E-state index < -0.39 is 0 Å². The van der Waals surface area contributed by atoms with Crippen molar-refractivity contribution in [2.75, 3.05) is 0 Å². The highest BCUT2D eigenvalue weighted by Crippen LogP contribution is 2.26. The monoisotopic (exact) mass is 274 g/mol. The number of aliphatic imine (C=N–C) groups is 1. The van der Waals surface area contributed by atoms with Gasteiger partial charge >= 0.3 is 0 Å². The van der Waals surface area contributed by atoms with Crippen LogP contribution in [0.25, 0.3) is 0 Å². The quantitative estimate of drug-likeness (QED) is 0.735. The van der Waals surface area contributed by atoms with E-state index in [4.69, 9.17) is 0 Å². The standard InChI is InChI=1S/C18H14N2O/c21-17-12-5-4-10-15(17)20-18(14-8-2-1-3-9-14)16-11-6-7-13-19-16/h1-13,21H. The fourth-order valence-corrected chi connectivity index (χ4v) is 2.05. The van der Waals surface area contributed by atoms with E-state index in [1.54, 1.807) is 24.4 Å². The van der Waals surface area contributed by atoms with Crippen molar-refractivity contribution in [1.82, 2.24) is 4.98 Å². The van der Waals surface area contributed by atoms with Gasteiger partial charge in [-0.2, -0.15) is 0 Å². The van der Waals surface area contributed by atoms with Crippen molar-refractivity contribution in [2.45, 2.75) is 0 Å². The fraction of sp³-hybridized carbons (Fsp3) is 0. The zero-order valence-corrected chi connectivity index (χ0v) is 11.3. The third-order valence-corrected chi connectivity index (χ3v) is 3.07. The van der Waals surface area contributed by atoms with E-state index in [2.05, 4.69) is 9.98 Å². The molecule has 1 N–H and O–H groups in total. The molecule has 0 aliphatic rings. The summed E-state index contributed by atoms with van der Waals surface area (Å²) >= 11 is 0. The number of aromatic hydroxyl groups is 1. The molecule has 0 aliphatic heterocycles. The molecule has 0 saturated heterocycles. The summed E-state index contributed by atoms with van der Waals surface area (Å²) in [7, 11) is 0. The Labute approximate surface area is 123 Å². The van der Waals surface area contributed by atoms with Gasteiger partial charge in [-0.3, -0.25) is 4.98 Å². The number of benzene rings is 2. The summed E-state index contributed by atoms with van der Waals surface area (Å²) in [6, 6.07) is 22.6. The maximum atomic E-state index is 9.93. The molecule has 0 saturated carbocycles. The lowest BCUT2D eigenvalue weighted by Gasteiger charge is -2.07. The molecule has 0 amide bonds. The van der Waals surface area contributed by atoms with Crippen molar-refractivity contribution in [3.8, 4) is 5.75 Å². The number of nitrogens with zero attached hydrogens (tertiary/aromatic N) is 2. The second-order valence-electron chi connectivity index (χ2n) is 4.53. The molecular formula is C18H14N2O. The third kappa shape index (κ3) is 2.98. The van der Waals surface area contributed by atoms with Gasteiger partial charge in [0, 0.05) is 11.8 Å². The average molecular weight is 274 g/mol. The predicted octanol–water partition coefficient (Wildman–Crippen LogP) is 3.96. The molecule has 1 heterocycles. The Morgan fingerprint density at radius 1 is 0.810 bits per heavy atom. The fourth-order valence-electron chi connectivity index (χ4n) is 2.05. The summed E-state index contributed by atoms with van der Waals surface area (Å²) in [4.78, 5) is 8.97. The Kier molecular flexibility index (Phi) is 3.74. The molecule has 0 atom stereocenters. The van der Waals surface area contributed by atoms with E-state index >= 15 is 0 Å². The van der Waals surface area contributed by atoms with Crippen molar-refractivity contribution in [3.63, 3.8) is 0 Å². The topological polar surface area (TPSA) is 45.5 Å². The Balaban J connectivity index is 2.16. The van der Waals surface area contributed by atoms with Crippen molar-refractivity contribution in [1.29, 1.82) is 0 Å². The number of phenols is 1. The highest BCUT2D eigenvalue weighted by Gasteiger charge is 2.09. The highest BCUT2D eigenvalue weighted by atomic mass is 16.3. The first-order valence-electron chi connectivity index (χ1n) is 6.68. The number of rotatable bonds is 3. The zero-order valence-electron chi connectivity index (χ0n) is 11.3. The van der Waals surface area contributed by atoms with Gasteiger partial charge in [-0.15, -0.1) is 0 Å². The number of para-hydroxylation sites is 2. The second-order valence-corrected chi connectivity index (χ2v) is 4.53. The van der Waals surface area contributed by atoms with Gasteiger partial charge in [0.15, 0.2) is 0 Å². The molecule has 0 bridgehead atoms. The second kappa shape index (κ2) is 6.01. The number of phenolic OH excluding ortho intramolecular Hbond substituents is 1. The molecule has 3 nitrogen and oxygen atoms in total. The summed E-state index contributed by atoms with van der Waals surface area (Å²) in [5, 5.41) is 9.93. The van der Waals surface area contributed by atoms with Gasteiger partial charge in [0.25, 0.3) is 0 Å². The molecule has 0 unspecified atom stereocenters. The van der Waals surface area contributed by atoms with Crippen LogP contribution in [0.1, 0.15) is 11.3 Å². The molecule has 2 aromatic carbocycles. The van der Waals surface area contributed by atoms with Crippen LogP contribution in [0.4, 0.5) is 5.69 Å². The molecule has 0 radical (unpaired) electrons. The van der Waals surface area contributed by atoms with Crippen LogP contribution in [0.3, 0.4) is 0 Å². The molecular weight excluding hydrogens is 260 g/mol. The molecule has 102 valence electrons. The van der Waals surface area contributed by atoms with Gasteiger partial charge in [-0.25, -0.2) is 4.99 Å². The van der Waals surface area contributed by atoms with Crippen LogP contribution in [0.5, 0.6) is 5.75 Å². The van der Waals surface area contributed by atoms with Gasteiger partial charge in [0.05, 0.1) is 11.4 Å². The first-order valence-corrected chi connectivity index (χ1v) is 6.68. The summed E-state index contributed by atoms with van der Waals surface area (Å²) < 4.78 is 0. The molecule has 0 fully saturated rings. The van der Waals surface area contributed by atoms with Gasteiger partial charge in [-0.1, -0.05) is 48.5 Å².